The van der Waals surface area contributed by atoms with Crippen LogP contribution in [0.2, 0.25) is 0 Å². The van der Waals surface area contributed by atoms with E-state index in [4.69, 9.17) is 15.9 Å². The first-order valence-corrected chi connectivity index (χ1v) is 5.46. The lowest BCUT2D eigenvalue weighted by Crippen LogP contribution is -2.40. The minimum absolute atomic E-state index is 0.0669. The number of carbonyl (C=O) groups is 2. The van der Waals surface area contributed by atoms with Crippen molar-refractivity contribution in [3.63, 3.8) is 0 Å². The van der Waals surface area contributed by atoms with Gasteiger partial charge in [-0.25, -0.2) is 4.79 Å². The van der Waals surface area contributed by atoms with Gasteiger partial charge in [0.1, 0.15) is 5.70 Å². The van der Waals surface area contributed by atoms with Gasteiger partial charge >= 0.3 is 5.97 Å². The maximum Gasteiger partial charge on any atom is 0.354 e. The fourth-order valence-electron chi connectivity index (χ4n) is 1.61. The van der Waals surface area contributed by atoms with Gasteiger partial charge in [-0.1, -0.05) is 0 Å². The first-order chi connectivity index (χ1) is 7.97. The number of hydrogen-bond donors (Lipinski definition) is 2. The SMILES string of the molecule is CCOC(=O)/C(N)=C1\CN(C(C)=O)CCC1=N. The molecule has 0 unspecified atom stereocenters. The number of amides is 1. The van der Waals surface area contributed by atoms with Crippen LogP contribution in [-0.2, 0) is 14.3 Å². The highest BCUT2D eigenvalue weighted by molar-refractivity contribution is 6.06. The van der Waals surface area contributed by atoms with E-state index in [1.807, 2.05) is 0 Å². The van der Waals surface area contributed by atoms with E-state index in [0.29, 0.717) is 24.3 Å². The fraction of sp³-hybridized carbons (Fsp3) is 0.545. The van der Waals surface area contributed by atoms with Gasteiger partial charge in [0.15, 0.2) is 0 Å². The predicted molar refractivity (Wildman–Crippen MR) is 62.4 cm³/mol. The first kappa shape index (κ1) is 13.2. The molecule has 0 atom stereocenters. The monoisotopic (exact) mass is 239 g/mol. The van der Waals surface area contributed by atoms with E-state index < -0.39 is 5.97 Å². The smallest absolute Gasteiger partial charge is 0.354 e. The fourth-order valence-corrected chi connectivity index (χ4v) is 1.61. The van der Waals surface area contributed by atoms with Crippen molar-refractivity contribution in [1.82, 2.24) is 4.90 Å². The lowest BCUT2D eigenvalue weighted by atomic mass is 10.00. The molecule has 6 nitrogen and oxygen atoms in total. The van der Waals surface area contributed by atoms with Crippen LogP contribution < -0.4 is 5.73 Å². The van der Waals surface area contributed by atoms with Crippen molar-refractivity contribution in [2.75, 3.05) is 19.7 Å². The number of carbonyl (C=O) groups excluding carboxylic acids is 2. The van der Waals surface area contributed by atoms with Gasteiger partial charge in [0.25, 0.3) is 0 Å². The van der Waals surface area contributed by atoms with E-state index in [-0.39, 0.29) is 24.8 Å². The zero-order valence-corrected chi connectivity index (χ0v) is 10.1. The molecule has 1 heterocycles. The zero-order valence-electron chi connectivity index (χ0n) is 10.1. The van der Waals surface area contributed by atoms with Gasteiger partial charge in [0, 0.05) is 37.7 Å². The highest BCUT2D eigenvalue weighted by Crippen LogP contribution is 2.15. The molecular formula is C11H17N3O3. The zero-order chi connectivity index (χ0) is 13.0. The lowest BCUT2D eigenvalue weighted by Gasteiger charge is -2.28. The number of likely N-dealkylation sites (tertiary alicyclic amines) is 1. The van der Waals surface area contributed by atoms with Crippen LogP contribution in [0.3, 0.4) is 0 Å². The molecular weight excluding hydrogens is 222 g/mol. The van der Waals surface area contributed by atoms with E-state index in [9.17, 15) is 9.59 Å². The van der Waals surface area contributed by atoms with Crippen molar-refractivity contribution in [2.24, 2.45) is 5.73 Å². The van der Waals surface area contributed by atoms with Crippen LogP contribution in [0.5, 0.6) is 0 Å². The van der Waals surface area contributed by atoms with Crippen LogP contribution in [0.15, 0.2) is 11.3 Å². The topological polar surface area (TPSA) is 96.5 Å². The molecule has 17 heavy (non-hydrogen) atoms. The summed E-state index contributed by atoms with van der Waals surface area (Å²) in [6, 6.07) is 0. The Hall–Kier alpha value is -1.85. The van der Waals surface area contributed by atoms with Gasteiger partial charge in [-0.2, -0.15) is 0 Å². The normalized spacial score (nSPS) is 18.9. The summed E-state index contributed by atoms with van der Waals surface area (Å²) in [6.45, 7) is 4.07. The molecule has 1 fully saturated rings. The lowest BCUT2D eigenvalue weighted by molar-refractivity contribution is -0.138. The standard InChI is InChI=1S/C11H17N3O3/c1-3-17-11(16)10(13)8-6-14(7(2)15)5-4-9(8)12/h12H,3-6,13H2,1-2H3/b10-8-,12-9?. The van der Waals surface area contributed by atoms with Crippen LogP contribution >= 0.6 is 0 Å². The number of nitrogens with two attached hydrogens (primary N) is 1. The van der Waals surface area contributed by atoms with Crippen molar-refractivity contribution in [3.8, 4) is 0 Å². The molecule has 0 aromatic carbocycles. The van der Waals surface area contributed by atoms with Crippen LogP contribution in [-0.4, -0.2) is 42.2 Å². The molecule has 0 aliphatic carbocycles. The molecule has 1 saturated heterocycles. The largest absolute Gasteiger partial charge is 0.461 e. The molecule has 3 N–H and O–H groups in total. The third-order valence-electron chi connectivity index (χ3n) is 2.61. The van der Waals surface area contributed by atoms with Gasteiger partial charge in [-0.15, -0.1) is 0 Å². The summed E-state index contributed by atoms with van der Waals surface area (Å²) >= 11 is 0. The molecule has 1 amide bonds. The molecule has 0 spiro atoms. The van der Waals surface area contributed by atoms with E-state index in [2.05, 4.69) is 0 Å². The average Bonchev–Trinajstić information content (AvgIpc) is 2.28. The van der Waals surface area contributed by atoms with Crippen molar-refractivity contribution in [3.05, 3.63) is 11.3 Å². The predicted octanol–water partition coefficient (Wildman–Crippen LogP) is 0.0343. The number of hydrogen-bond acceptors (Lipinski definition) is 5. The summed E-state index contributed by atoms with van der Waals surface area (Å²) in [4.78, 5) is 24.3. The van der Waals surface area contributed by atoms with Crippen molar-refractivity contribution < 1.29 is 14.3 Å². The number of nitrogens with zero attached hydrogens (tertiary/aromatic N) is 1. The van der Waals surface area contributed by atoms with Crippen LogP contribution in [0, 0.1) is 5.41 Å². The van der Waals surface area contributed by atoms with Gasteiger partial charge in [0.2, 0.25) is 5.91 Å². The molecule has 0 radical (unpaired) electrons. The Kier molecular flexibility index (Phi) is 4.25. The van der Waals surface area contributed by atoms with Gasteiger partial charge < -0.3 is 20.8 Å². The Bertz CT molecular complexity index is 387. The summed E-state index contributed by atoms with van der Waals surface area (Å²) in [5.41, 5.74) is 6.28. The molecule has 0 aromatic rings. The molecule has 0 aromatic heterocycles. The minimum atomic E-state index is -0.627. The number of piperidine rings is 1. The average molecular weight is 239 g/mol. The van der Waals surface area contributed by atoms with Gasteiger partial charge in [-0.3, -0.25) is 4.79 Å². The van der Waals surface area contributed by atoms with E-state index in [1.165, 1.54) is 6.92 Å². The molecule has 94 valence electrons. The van der Waals surface area contributed by atoms with Crippen LogP contribution in [0.25, 0.3) is 0 Å². The Morgan fingerprint density at radius 3 is 2.71 bits per heavy atom. The molecule has 0 bridgehead atoms. The number of nitrogens with one attached hydrogen (secondary N) is 1. The van der Waals surface area contributed by atoms with E-state index >= 15 is 0 Å². The maximum absolute atomic E-state index is 11.5. The number of rotatable bonds is 2. The first-order valence-electron chi connectivity index (χ1n) is 5.46. The Labute approximate surface area is 99.9 Å². The quantitative estimate of drug-likeness (QED) is 0.525. The summed E-state index contributed by atoms with van der Waals surface area (Å²) in [5.74, 6) is -0.718. The second-order valence-corrected chi connectivity index (χ2v) is 3.78. The highest BCUT2D eigenvalue weighted by Gasteiger charge is 2.25. The number of esters is 1. The highest BCUT2D eigenvalue weighted by atomic mass is 16.5. The Morgan fingerprint density at radius 2 is 2.18 bits per heavy atom. The molecule has 6 heteroatoms. The molecule has 1 aliphatic rings. The maximum atomic E-state index is 11.5. The molecule has 1 aliphatic heterocycles. The molecule has 0 saturated carbocycles. The Balaban J connectivity index is 2.92. The van der Waals surface area contributed by atoms with Crippen molar-refractivity contribution in [2.45, 2.75) is 20.3 Å². The van der Waals surface area contributed by atoms with Crippen LogP contribution in [0.4, 0.5) is 0 Å². The van der Waals surface area contributed by atoms with Gasteiger partial charge in [0.05, 0.1) is 6.61 Å². The van der Waals surface area contributed by atoms with Crippen molar-refractivity contribution in [1.29, 1.82) is 5.41 Å². The van der Waals surface area contributed by atoms with Gasteiger partial charge in [-0.05, 0) is 6.92 Å². The Morgan fingerprint density at radius 1 is 1.53 bits per heavy atom. The second kappa shape index (κ2) is 5.47. The van der Waals surface area contributed by atoms with E-state index in [1.54, 1.807) is 11.8 Å². The third kappa shape index (κ3) is 3.05. The second-order valence-electron chi connectivity index (χ2n) is 3.78. The van der Waals surface area contributed by atoms with Crippen LogP contribution in [0.1, 0.15) is 20.3 Å². The summed E-state index contributed by atoms with van der Waals surface area (Å²) in [5, 5.41) is 7.75. The van der Waals surface area contributed by atoms with E-state index in [0.717, 1.165) is 0 Å². The summed E-state index contributed by atoms with van der Waals surface area (Å²) in [6.07, 6.45) is 0.412. The molecule has 1 rings (SSSR count). The van der Waals surface area contributed by atoms with Crippen molar-refractivity contribution >= 4 is 17.6 Å². The minimum Gasteiger partial charge on any atom is -0.461 e. The summed E-state index contributed by atoms with van der Waals surface area (Å²) in [7, 11) is 0. The number of ether oxygens (including phenoxy) is 1. The summed E-state index contributed by atoms with van der Waals surface area (Å²) < 4.78 is 4.78. The third-order valence-corrected chi connectivity index (χ3v) is 2.61.